The summed E-state index contributed by atoms with van der Waals surface area (Å²) in [6.45, 7) is 2.02. The number of guanidine groups is 1. The molecule has 2 unspecified atom stereocenters. The number of fused-ring (bicyclic) bond motifs is 3. The first kappa shape index (κ1) is 95.9. The molecule has 1 saturated heterocycles. The maximum absolute atomic E-state index is 15.2. The Labute approximate surface area is 692 Å². The minimum absolute atomic E-state index is 0.00280. The summed E-state index contributed by atoms with van der Waals surface area (Å²) in [5.41, 5.74) is 13.3. The van der Waals surface area contributed by atoms with E-state index in [9.17, 15) is 93.0 Å². The Morgan fingerprint density at radius 3 is 1.89 bits per heavy atom. The van der Waals surface area contributed by atoms with Crippen LogP contribution in [-0.4, -0.2) is 274 Å². The number of imidazole rings is 1. The summed E-state index contributed by atoms with van der Waals surface area (Å²) in [5.74, 6) is -16.6. The second-order valence-corrected chi connectivity index (χ2v) is 31.1. The second kappa shape index (κ2) is 49.3. The molecule has 1 fully saturated rings. The third-order valence-electron chi connectivity index (χ3n) is 18.7. The number of H-pyrrole nitrogens is 1. The molecule has 2 aliphatic heterocycles. The van der Waals surface area contributed by atoms with Crippen LogP contribution in [0.1, 0.15) is 99.6 Å². The SMILES string of the molecule is CSCC[C@H](NC(C)=O)C(=O)N[C@H]1CSCc2cccc(c2)CSC[C@@H](C(=O)N[C@@H](CC(=O)O)C(=O)N[C@@H](Cc2c[nH]cn2)C(O)N[C@@H](Cc2ccccc2)C(=O)N[C@@H](CCCNC(=N)N)C(=O)N[C@@H](CC(=O)O)C(N)=O)NC(=O)[C@H](Cc2ccccc2)NC(=O)[C@H](CCC(=O)O)NC(=O)[C@H]([C@@H](C)O)NC(=O)[C@@H]2CCCN2C(O)CNC1=O. The molecule has 0 aliphatic carbocycles. The zero-order valence-corrected chi connectivity index (χ0v) is 67.6. The number of aliphatic hydroxyl groups excluding tert-OH is 3. The number of benzene rings is 3. The highest BCUT2D eigenvalue weighted by atomic mass is 32.2. The molecule has 0 spiro atoms. The predicted molar refractivity (Wildman–Crippen MR) is 432 cm³/mol. The van der Waals surface area contributed by atoms with Crippen molar-refractivity contribution in [2.45, 2.75) is 193 Å². The number of amides is 12. The Morgan fingerprint density at radius 2 is 1.28 bits per heavy atom. The maximum atomic E-state index is 15.2. The number of aromatic nitrogens is 2. The molecule has 118 heavy (non-hydrogen) atoms. The van der Waals surface area contributed by atoms with E-state index in [4.69, 9.17) is 16.9 Å². The van der Waals surface area contributed by atoms with E-state index in [1.54, 1.807) is 84.9 Å². The first-order valence-corrected chi connectivity index (χ1v) is 41.5. The Balaban J connectivity index is 1.38. The molecule has 3 heterocycles. The highest BCUT2D eigenvalue weighted by Gasteiger charge is 2.41. The number of aliphatic carboxylic acids is 3. The zero-order chi connectivity index (χ0) is 86.5. The Morgan fingerprint density at radius 1 is 0.669 bits per heavy atom. The average Bonchev–Trinajstić information content (AvgIpc) is 1.79. The van der Waals surface area contributed by atoms with E-state index in [1.165, 1.54) is 47.9 Å². The van der Waals surface area contributed by atoms with Crippen LogP contribution < -0.4 is 80.6 Å². The number of aliphatic hydroxyl groups is 3. The number of hydrogen-bond donors (Lipinski definition) is 23. The number of carbonyl (C=O) groups excluding carboxylic acids is 12. The van der Waals surface area contributed by atoms with Gasteiger partial charge in [0.05, 0.1) is 55.6 Å². The number of primary amides is 1. The predicted octanol–water partition coefficient (Wildman–Crippen LogP) is -4.64. The van der Waals surface area contributed by atoms with Gasteiger partial charge >= 0.3 is 17.9 Å². The normalized spacial score (nSPS) is 20.8. The number of hydrogen-bond acceptors (Lipinski definition) is 25. The summed E-state index contributed by atoms with van der Waals surface area (Å²) < 4.78 is 0. The molecule has 2 aliphatic rings. The summed E-state index contributed by atoms with van der Waals surface area (Å²) in [6, 6.07) is 4.20. The molecule has 0 saturated carbocycles. The smallest absolute Gasteiger partial charge is 0.305 e. The monoisotopic (exact) mass is 1700 g/mol. The number of carbonyl (C=O) groups is 15. The van der Waals surface area contributed by atoms with Gasteiger partial charge < -0.3 is 111 Å². The van der Waals surface area contributed by atoms with Crippen molar-refractivity contribution in [3.05, 3.63) is 125 Å². The van der Waals surface area contributed by atoms with E-state index in [-0.39, 0.29) is 86.7 Å². The lowest BCUT2D eigenvalue weighted by atomic mass is 10.0. The number of carboxylic acids is 3. The van der Waals surface area contributed by atoms with Crippen LogP contribution in [0.4, 0.5) is 0 Å². The van der Waals surface area contributed by atoms with Gasteiger partial charge in [0.1, 0.15) is 66.8 Å². The number of aromatic amines is 1. The lowest BCUT2D eigenvalue weighted by Crippen LogP contribution is -2.62. The van der Waals surface area contributed by atoms with E-state index in [2.05, 4.69) is 79.1 Å². The molecule has 43 heteroatoms. The van der Waals surface area contributed by atoms with Gasteiger partial charge in [-0.3, -0.25) is 87.5 Å². The summed E-state index contributed by atoms with van der Waals surface area (Å²) >= 11 is 3.71. The van der Waals surface area contributed by atoms with Crippen molar-refractivity contribution in [1.29, 1.82) is 5.41 Å². The van der Waals surface area contributed by atoms with Crippen LogP contribution in [0.5, 0.6) is 0 Å². The molecule has 4 aromatic rings. The van der Waals surface area contributed by atoms with Crippen LogP contribution in [0.2, 0.25) is 0 Å². The first-order valence-electron chi connectivity index (χ1n) is 37.8. The zero-order valence-electron chi connectivity index (χ0n) is 65.1. The molecule has 40 nitrogen and oxygen atoms in total. The van der Waals surface area contributed by atoms with Gasteiger partial charge in [-0.15, -0.1) is 0 Å². The Bertz CT molecular complexity index is 4090. The van der Waals surface area contributed by atoms with Crippen molar-refractivity contribution in [2.24, 2.45) is 11.5 Å². The molecule has 15 atom stereocenters. The van der Waals surface area contributed by atoms with Gasteiger partial charge in [-0.1, -0.05) is 84.9 Å². The summed E-state index contributed by atoms with van der Waals surface area (Å²) in [7, 11) is 0. The van der Waals surface area contributed by atoms with Gasteiger partial charge in [0.2, 0.25) is 70.9 Å². The number of nitrogens with two attached hydrogens (primary N) is 2. The van der Waals surface area contributed by atoms with Crippen molar-refractivity contribution >= 4 is 130 Å². The Hall–Kier alpha value is -11.0. The van der Waals surface area contributed by atoms with E-state index in [1.807, 2.05) is 6.26 Å². The van der Waals surface area contributed by atoms with Gasteiger partial charge in [0.15, 0.2) is 5.96 Å². The second-order valence-electron chi connectivity index (χ2n) is 28.1. The standard InChI is InChI=1S/C75H105N19O21S3/c1-40(95)62-74(115)85-48(21-22-59(98)99)66(107)87-52(29-43-15-8-5-9-16-43)69(110)92-56(38-118-36-45-18-10-17-44(27-45)35-117-37-55(91-67(108)49(23-26-116-3)83-41(2)96)64(105)81-34-58(97)94-25-12-20-57(94)73(114)93-62)72(113)90-54(32-61(102)103)71(112)89-53(30-46-33-79-39-82-46)70(111)88-51(28-42-13-6-4-7-14-42)68(109)84-47(19-11-24-80-75(77)78)65(106)86-50(63(76)104)31-60(100)101/h4-10,13-18,27,33,39-40,47-58,62,70,88,95,97,111H,11-12,19-26,28-32,34-38H2,1-3H3,(H2,76,104)(H,79,82)(H,81,105)(H,83,96)(H,84,109)(H,85,115)(H,86,106)(H,87,107)(H,89,112)(H,90,113)(H,91,108)(H,92,110)(H,93,114)(H,98,99)(H,100,101)(H,102,103)(H4,77,78,80)/t40-,47+,48+,49+,50+,51+,52+,53+,54+,55+,56+,57+,58?,62+,70?/m1/s1. The molecule has 2 bridgehead atoms. The molecular weight excluding hydrogens is 1600 g/mol. The van der Waals surface area contributed by atoms with Crippen molar-refractivity contribution in [3.8, 4) is 0 Å². The first-order chi connectivity index (χ1) is 56.2. The van der Waals surface area contributed by atoms with Gasteiger partial charge in [0, 0.05) is 68.5 Å². The largest absolute Gasteiger partial charge is 0.481 e. The molecule has 0 radical (unpaired) electrons. The van der Waals surface area contributed by atoms with Crippen molar-refractivity contribution < 1.29 is 103 Å². The minimum atomic E-state index is -2.07. The number of β-amino-alcohol motifs (C(OH)–C–C–N with tert-alkyl or cyclic N) is 1. The fourth-order valence-electron chi connectivity index (χ4n) is 12.7. The minimum Gasteiger partial charge on any atom is -0.481 e. The molecule has 25 N–H and O–H groups in total. The highest BCUT2D eigenvalue weighted by molar-refractivity contribution is 7.99. The van der Waals surface area contributed by atoms with Gasteiger partial charge in [-0.25, -0.2) is 4.98 Å². The number of nitrogens with zero attached hydrogens (tertiary/aromatic N) is 2. The fraction of sp³-hybridized carbons (Fsp3) is 0.507. The lowest BCUT2D eigenvalue weighted by molar-refractivity contribution is -0.141. The van der Waals surface area contributed by atoms with Crippen molar-refractivity contribution in [3.63, 3.8) is 0 Å². The molecule has 644 valence electrons. The Kier molecular flexibility index (Phi) is 40.1. The molecule has 6 rings (SSSR count). The van der Waals surface area contributed by atoms with Crippen molar-refractivity contribution in [1.82, 2.24) is 84.0 Å². The van der Waals surface area contributed by atoms with Gasteiger partial charge in [-0.05, 0) is 86.1 Å². The number of nitrogens with one attached hydrogen (secondary N) is 15. The van der Waals surface area contributed by atoms with Crippen LogP contribution in [0.15, 0.2) is 97.5 Å². The third-order valence-corrected chi connectivity index (χ3v) is 21.6. The van der Waals surface area contributed by atoms with E-state index >= 15 is 9.59 Å². The van der Waals surface area contributed by atoms with E-state index < -0.39 is 218 Å². The van der Waals surface area contributed by atoms with Crippen LogP contribution in [0, 0.1) is 5.41 Å². The third kappa shape index (κ3) is 33.2. The fourth-order valence-corrected chi connectivity index (χ4v) is 15.1. The van der Waals surface area contributed by atoms with Gasteiger partial charge in [0.25, 0.3) is 0 Å². The number of rotatable bonds is 36. The van der Waals surface area contributed by atoms with Gasteiger partial charge in [-0.2, -0.15) is 35.3 Å². The van der Waals surface area contributed by atoms with Crippen LogP contribution in [-0.2, 0) is 103 Å². The highest BCUT2D eigenvalue weighted by Crippen LogP contribution is 2.23. The lowest BCUT2D eigenvalue weighted by Gasteiger charge is -2.31. The molecule has 3 aromatic carbocycles. The van der Waals surface area contributed by atoms with E-state index in [0.29, 0.717) is 34.4 Å². The number of thioether (sulfide) groups is 3. The van der Waals surface area contributed by atoms with Crippen LogP contribution in [0.3, 0.4) is 0 Å². The molecular formula is C75H105N19O21S3. The molecule has 12 amide bonds. The summed E-state index contributed by atoms with van der Waals surface area (Å²) in [5, 5.41) is 106. The van der Waals surface area contributed by atoms with Crippen LogP contribution >= 0.6 is 35.3 Å². The van der Waals surface area contributed by atoms with Crippen LogP contribution in [0.25, 0.3) is 0 Å². The quantitative estimate of drug-likeness (QED) is 0.00881. The van der Waals surface area contributed by atoms with Crippen molar-refractivity contribution in [2.75, 3.05) is 43.1 Å². The number of carboxylic acid groups (broad SMARTS) is 3. The molecule has 1 aromatic heterocycles. The summed E-state index contributed by atoms with van der Waals surface area (Å²) in [4.78, 5) is 215. The average molecular weight is 1700 g/mol. The van der Waals surface area contributed by atoms with E-state index in [0.717, 1.165) is 18.7 Å². The topological polar surface area (TPSA) is 642 Å². The maximum Gasteiger partial charge on any atom is 0.305 e. The summed E-state index contributed by atoms with van der Waals surface area (Å²) in [6.07, 6.45) is -4.76.